The van der Waals surface area contributed by atoms with Crippen molar-refractivity contribution in [2.75, 3.05) is 0 Å². The molecule has 1 heterocycles. The Balaban J connectivity index is 2.09. The van der Waals surface area contributed by atoms with Crippen LogP contribution in [0.1, 0.15) is 44.6 Å². The lowest BCUT2D eigenvalue weighted by molar-refractivity contribution is -0.771. The zero-order valence-corrected chi connectivity index (χ0v) is 16.2. The maximum Gasteiger partial charge on any atom is 0.258 e. The van der Waals surface area contributed by atoms with Crippen LogP contribution in [0.25, 0.3) is 5.69 Å². The number of rotatable bonds is 4. The third-order valence-electron chi connectivity index (χ3n) is 6.05. The van der Waals surface area contributed by atoms with Gasteiger partial charge in [-0.15, -0.1) is 0 Å². The number of aryl methyl sites for hydroxylation is 1. The standard InChI is InChI=1S/C23H29N2/c1-18-12-10-11-15-21(18)22(3,4)23(5,6)25-17-16-24(19(25)2)20-13-8-7-9-14-20/h7-17H,1-6H3/q+1. The van der Waals surface area contributed by atoms with E-state index in [0.29, 0.717) is 0 Å². The van der Waals surface area contributed by atoms with Crippen molar-refractivity contribution in [3.05, 3.63) is 83.9 Å². The molecule has 0 spiro atoms. The van der Waals surface area contributed by atoms with E-state index in [1.54, 1.807) is 0 Å². The molecule has 130 valence electrons. The Hall–Kier alpha value is -2.35. The van der Waals surface area contributed by atoms with E-state index in [9.17, 15) is 0 Å². The summed E-state index contributed by atoms with van der Waals surface area (Å²) in [4.78, 5) is 0. The minimum absolute atomic E-state index is 0.0172. The number of aromatic nitrogens is 2. The smallest absolute Gasteiger partial charge is 0.228 e. The first-order valence-electron chi connectivity index (χ1n) is 8.98. The molecule has 0 saturated heterocycles. The van der Waals surface area contributed by atoms with Gasteiger partial charge in [-0.3, -0.25) is 0 Å². The average molecular weight is 333 g/mol. The highest BCUT2D eigenvalue weighted by atomic mass is 15.2. The second kappa shape index (κ2) is 6.18. The van der Waals surface area contributed by atoms with Gasteiger partial charge in [-0.25, -0.2) is 9.13 Å². The van der Waals surface area contributed by atoms with E-state index in [4.69, 9.17) is 0 Å². The van der Waals surface area contributed by atoms with Crippen LogP contribution in [0.15, 0.2) is 67.0 Å². The molecule has 0 bridgehead atoms. The van der Waals surface area contributed by atoms with E-state index in [1.165, 1.54) is 22.6 Å². The number of para-hydroxylation sites is 1. The second-order valence-corrected chi connectivity index (χ2v) is 7.92. The largest absolute Gasteiger partial charge is 0.258 e. The van der Waals surface area contributed by atoms with Crippen molar-refractivity contribution in [3.8, 4) is 5.69 Å². The summed E-state index contributed by atoms with van der Waals surface area (Å²) in [7, 11) is 0. The first-order valence-corrected chi connectivity index (χ1v) is 8.98. The number of imidazole rings is 1. The molecule has 0 saturated carbocycles. The summed E-state index contributed by atoms with van der Waals surface area (Å²) in [6.45, 7) is 13.8. The van der Waals surface area contributed by atoms with Crippen LogP contribution in [-0.4, -0.2) is 4.57 Å². The molecule has 0 aliphatic rings. The van der Waals surface area contributed by atoms with Crippen molar-refractivity contribution >= 4 is 0 Å². The summed E-state index contributed by atoms with van der Waals surface area (Å²) in [5.41, 5.74) is 3.85. The molecule has 0 N–H and O–H groups in total. The molecule has 3 aromatic rings. The molecular formula is C23H29N2+. The van der Waals surface area contributed by atoms with Crippen molar-refractivity contribution in [1.82, 2.24) is 4.57 Å². The van der Waals surface area contributed by atoms with Gasteiger partial charge in [0.15, 0.2) is 0 Å². The lowest BCUT2D eigenvalue weighted by Crippen LogP contribution is -2.63. The second-order valence-electron chi connectivity index (χ2n) is 7.92. The molecular weight excluding hydrogens is 304 g/mol. The number of nitrogens with zero attached hydrogens (tertiary/aromatic N) is 2. The van der Waals surface area contributed by atoms with Gasteiger partial charge in [0.25, 0.3) is 5.82 Å². The van der Waals surface area contributed by atoms with Crippen molar-refractivity contribution in [3.63, 3.8) is 0 Å². The lowest BCUT2D eigenvalue weighted by Gasteiger charge is -2.40. The quantitative estimate of drug-likeness (QED) is 0.588. The first kappa shape index (κ1) is 17.5. The van der Waals surface area contributed by atoms with Gasteiger partial charge in [-0.05, 0) is 44.0 Å². The van der Waals surface area contributed by atoms with Gasteiger partial charge in [0.2, 0.25) is 0 Å². The zero-order valence-electron chi connectivity index (χ0n) is 16.2. The fourth-order valence-electron chi connectivity index (χ4n) is 3.82. The molecule has 0 atom stereocenters. The van der Waals surface area contributed by atoms with Gasteiger partial charge in [0, 0.05) is 12.3 Å². The van der Waals surface area contributed by atoms with Gasteiger partial charge in [-0.2, -0.15) is 0 Å². The van der Waals surface area contributed by atoms with E-state index in [2.05, 4.69) is 118 Å². The van der Waals surface area contributed by atoms with E-state index < -0.39 is 0 Å². The zero-order chi connectivity index (χ0) is 18.2. The number of benzene rings is 2. The fraction of sp³-hybridized carbons (Fsp3) is 0.348. The topological polar surface area (TPSA) is 8.81 Å². The van der Waals surface area contributed by atoms with Crippen LogP contribution < -0.4 is 4.57 Å². The maximum atomic E-state index is 2.41. The van der Waals surface area contributed by atoms with Gasteiger partial charge in [0.1, 0.15) is 23.6 Å². The Bertz CT molecular complexity index is 870. The van der Waals surface area contributed by atoms with Crippen LogP contribution in [0, 0.1) is 13.8 Å². The van der Waals surface area contributed by atoms with Crippen LogP contribution in [0.3, 0.4) is 0 Å². The van der Waals surface area contributed by atoms with Gasteiger partial charge in [-0.1, -0.05) is 56.3 Å². The summed E-state index contributed by atoms with van der Waals surface area (Å²) < 4.78 is 4.67. The Morgan fingerprint density at radius 2 is 1.40 bits per heavy atom. The summed E-state index contributed by atoms with van der Waals surface area (Å²) in [5.74, 6) is 1.23. The summed E-state index contributed by atoms with van der Waals surface area (Å²) in [5, 5.41) is 0. The van der Waals surface area contributed by atoms with Gasteiger partial charge < -0.3 is 0 Å². The lowest BCUT2D eigenvalue weighted by atomic mass is 9.68. The maximum absolute atomic E-state index is 2.41. The van der Waals surface area contributed by atoms with E-state index >= 15 is 0 Å². The predicted octanol–water partition coefficient (Wildman–Crippen LogP) is 5.09. The molecule has 1 aromatic heterocycles. The SMILES string of the molecule is Cc1ccccc1C(C)(C)C(C)(C)[n+]1ccn(-c2ccccc2)c1C. The third kappa shape index (κ3) is 2.80. The molecule has 0 amide bonds. The molecule has 2 aromatic carbocycles. The van der Waals surface area contributed by atoms with Gasteiger partial charge in [0.05, 0.1) is 0 Å². The van der Waals surface area contributed by atoms with Gasteiger partial charge >= 0.3 is 0 Å². The Morgan fingerprint density at radius 1 is 0.800 bits per heavy atom. The normalized spacial score (nSPS) is 12.4. The molecule has 2 nitrogen and oxygen atoms in total. The number of hydrogen-bond donors (Lipinski definition) is 0. The summed E-state index contributed by atoms with van der Waals surface area (Å²) in [6.07, 6.45) is 4.38. The summed E-state index contributed by atoms with van der Waals surface area (Å²) in [6, 6.07) is 19.3. The van der Waals surface area contributed by atoms with E-state index in [-0.39, 0.29) is 11.0 Å². The first-order chi connectivity index (χ1) is 11.8. The minimum atomic E-state index is -0.0801. The monoisotopic (exact) mass is 333 g/mol. The third-order valence-corrected chi connectivity index (χ3v) is 6.05. The molecule has 0 radical (unpaired) electrons. The van der Waals surface area contributed by atoms with Crippen LogP contribution in [0.4, 0.5) is 0 Å². The molecule has 2 heteroatoms. The highest BCUT2D eigenvalue weighted by Gasteiger charge is 2.45. The summed E-state index contributed by atoms with van der Waals surface area (Å²) >= 11 is 0. The minimum Gasteiger partial charge on any atom is -0.228 e. The molecule has 3 rings (SSSR count). The number of hydrogen-bond acceptors (Lipinski definition) is 0. The Morgan fingerprint density at radius 3 is 2.04 bits per heavy atom. The molecule has 0 aliphatic heterocycles. The predicted molar refractivity (Wildman–Crippen MR) is 104 cm³/mol. The Labute approximate surface area is 151 Å². The fourth-order valence-corrected chi connectivity index (χ4v) is 3.82. The van der Waals surface area contributed by atoms with Crippen molar-refractivity contribution < 1.29 is 4.57 Å². The highest BCUT2D eigenvalue weighted by molar-refractivity contribution is 5.34. The van der Waals surface area contributed by atoms with E-state index in [0.717, 1.165) is 0 Å². The van der Waals surface area contributed by atoms with Crippen LogP contribution in [0.2, 0.25) is 0 Å². The van der Waals surface area contributed by atoms with Crippen molar-refractivity contribution in [2.45, 2.75) is 52.5 Å². The van der Waals surface area contributed by atoms with E-state index in [1.807, 2.05) is 0 Å². The van der Waals surface area contributed by atoms with Crippen LogP contribution >= 0.6 is 0 Å². The van der Waals surface area contributed by atoms with Crippen LogP contribution in [0.5, 0.6) is 0 Å². The Kier molecular flexibility index (Phi) is 4.32. The van der Waals surface area contributed by atoms with Crippen LogP contribution in [-0.2, 0) is 11.0 Å². The van der Waals surface area contributed by atoms with Crippen molar-refractivity contribution in [1.29, 1.82) is 0 Å². The van der Waals surface area contributed by atoms with Crippen molar-refractivity contribution in [2.24, 2.45) is 0 Å². The molecule has 0 fully saturated rings. The molecule has 0 unspecified atom stereocenters. The molecule has 0 aliphatic carbocycles. The molecule has 25 heavy (non-hydrogen) atoms. The average Bonchev–Trinajstić information content (AvgIpc) is 2.98. The highest BCUT2D eigenvalue weighted by Crippen LogP contribution is 2.38.